The molecule has 31 heavy (non-hydrogen) atoms. The SMILES string of the molecule is CC(C)C(NC(=O)c1ccccc1F)C(=O)N1CCC(c2c[nH]c3ncccc23)CC1. The van der Waals surface area contributed by atoms with Crippen LogP contribution in [0.15, 0.2) is 48.8 Å². The van der Waals surface area contributed by atoms with Gasteiger partial charge in [-0.3, -0.25) is 9.59 Å². The monoisotopic (exact) mass is 422 g/mol. The second kappa shape index (κ2) is 8.88. The molecule has 3 aromatic rings. The van der Waals surface area contributed by atoms with Gasteiger partial charge in [0.2, 0.25) is 5.91 Å². The van der Waals surface area contributed by atoms with Crippen molar-refractivity contribution in [3.63, 3.8) is 0 Å². The molecule has 1 unspecified atom stereocenters. The summed E-state index contributed by atoms with van der Waals surface area (Å²) >= 11 is 0. The van der Waals surface area contributed by atoms with Crippen LogP contribution in [0.1, 0.15) is 48.5 Å². The Hall–Kier alpha value is -3.22. The normalized spacial score (nSPS) is 15.9. The van der Waals surface area contributed by atoms with Gasteiger partial charge in [-0.15, -0.1) is 0 Å². The topological polar surface area (TPSA) is 78.1 Å². The van der Waals surface area contributed by atoms with Crippen molar-refractivity contribution in [3.05, 3.63) is 65.7 Å². The van der Waals surface area contributed by atoms with E-state index >= 15 is 0 Å². The number of amides is 2. The lowest BCUT2D eigenvalue weighted by molar-refractivity contribution is -0.135. The van der Waals surface area contributed by atoms with Gasteiger partial charge in [-0.25, -0.2) is 9.37 Å². The summed E-state index contributed by atoms with van der Waals surface area (Å²) in [5.41, 5.74) is 2.07. The number of hydrogen-bond donors (Lipinski definition) is 2. The van der Waals surface area contributed by atoms with E-state index < -0.39 is 17.8 Å². The Labute approximate surface area is 180 Å². The molecule has 1 aliphatic heterocycles. The summed E-state index contributed by atoms with van der Waals surface area (Å²) in [6, 6.07) is 9.12. The summed E-state index contributed by atoms with van der Waals surface area (Å²) in [7, 11) is 0. The van der Waals surface area contributed by atoms with Gasteiger partial charge >= 0.3 is 0 Å². The van der Waals surface area contributed by atoms with E-state index in [4.69, 9.17) is 0 Å². The predicted molar refractivity (Wildman–Crippen MR) is 117 cm³/mol. The van der Waals surface area contributed by atoms with Crippen molar-refractivity contribution in [2.45, 2.75) is 38.6 Å². The fourth-order valence-electron chi connectivity index (χ4n) is 4.30. The number of rotatable bonds is 5. The summed E-state index contributed by atoms with van der Waals surface area (Å²) in [4.78, 5) is 35.2. The number of hydrogen-bond acceptors (Lipinski definition) is 3. The second-order valence-electron chi connectivity index (χ2n) is 8.42. The van der Waals surface area contributed by atoms with E-state index in [1.54, 1.807) is 12.3 Å². The Balaban J connectivity index is 1.42. The van der Waals surface area contributed by atoms with Gasteiger partial charge in [0.05, 0.1) is 5.56 Å². The number of nitrogens with zero attached hydrogens (tertiary/aromatic N) is 2. The lowest BCUT2D eigenvalue weighted by atomic mass is 9.89. The van der Waals surface area contributed by atoms with Crippen LogP contribution in [0.4, 0.5) is 4.39 Å². The Morgan fingerprint density at radius 1 is 1.16 bits per heavy atom. The smallest absolute Gasteiger partial charge is 0.254 e. The van der Waals surface area contributed by atoms with Crippen LogP contribution in [-0.2, 0) is 4.79 Å². The summed E-state index contributed by atoms with van der Waals surface area (Å²) in [5.74, 6) is -1.03. The third-order valence-corrected chi connectivity index (χ3v) is 6.07. The van der Waals surface area contributed by atoms with Crippen LogP contribution >= 0.6 is 0 Å². The van der Waals surface area contributed by atoms with Crippen molar-refractivity contribution in [3.8, 4) is 0 Å². The number of H-pyrrole nitrogens is 1. The van der Waals surface area contributed by atoms with Crippen LogP contribution in [0.2, 0.25) is 0 Å². The highest BCUT2D eigenvalue weighted by molar-refractivity contribution is 5.97. The van der Waals surface area contributed by atoms with Crippen LogP contribution in [0.3, 0.4) is 0 Å². The van der Waals surface area contributed by atoms with Gasteiger partial charge in [0, 0.05) is 30.9 Å². The van der Waals surface area contributed by atoms with Crippen molar-refractivity contribution in [1.29, 1.82) is 0 Å². The minimum Gasteiger partial charge on any atom is -0.346 e. The van der Waals surface area contributed by atoms with Crippen molar-refractivity contribution in [2.75, 3.05) is 13.1 Å². The zero-order valence-corrected chi connectivity index (χ0v) is 17.8. The van der Waals surface area contributed by atoms with Crippen molar-refractivity contribution >= 4 is 22.8 Å². The number of carbonyl (C=O) groups excluding carboxylic acids is 2. The standard InChI is InChI=1S/C24H27FN4O2/c1-15(2)21(28-23(30)18-6-3-4-8-20(18)25)24(31)29-12-9-16(10-13-29)19-14-27-22-17(19)7-5-11-26-22/h3-8,11,14-16,21H,9-10,12-13H2,1-2H3,(H,26,27)(H,28,30). The highest BCUT2D eigenvalue weighted by atomic mass is 19.1. The molecule has 2 amide bonds. The molecule has 0 aliphatic carbocycles. The van der Waals surface area contributed by atoms with E-state index in [1.807, 2.05) is 31.0 Å². The van der Waals surface area contributed by atoms with E-state index in [9.17, 15) is 14.0 Å². The van der Waals surface area contributed by atoms with E-state index in [-0.39, 0.29) is 17.4 Å². The summed E-state index contributed by atoms with van der Waals surface area (Å²) in [6.45, 7) is 5.01. The number of aromatic amines is 1. The van der Waals surface area contributed by atoms with Gasteiger partial charge in [0.15, 0.2) is 0 Å². The second-order valence-corrected chi connectivity index (χ2v) is 8.42. The number of benzene rings is 1. The number of nitrogens with one attached hydrogen (secondary N) is 2. The van der Waals surface area contributed by atoms with Gasteiger partial charge in [0.1, 0.15) is 17.5 Å². The fourth-order valence-corrected chi connectivity index (χ4v) is 4.30. The number of pyridine rings is 1. The Morgan fingerprint density at radius 2 is 1.90 bits per heavy atom. The lowest BCUT2D eigenvalue weighted by Crippen LogP contribution is -2.53. The maximum absolute atomic E-state index is 14.0. The minimum absolute atomic E-state index is 0.0485. The molecule has 1 aromatic carbocycles. The molecule has 0 spiro atoms. The molecule has 162 valence electrons. The molecule has 0 bridgehead atoms. The molecule has 1 atom stereocenters. The van der Waals surface area contributed by atoms with Gasteiger partial charge in [-0.1, -0.05) is 26.0 Å². The average molecular weight is 423 g/mol. The van der Waals surface area contributed by atoms with Gasteiger partial charge < -0.3 is 15.2 Å². The number of piperidine rings is 1. The van der Waals surface area contributed by atoms with E-state index in [0.29, 0.717) is 19.0 Å². The Bertz CT molecular complexity index is 1090. The average Bonchev–Trinajstić information content (AvgIpc) is 3.21. The molecule has 7 heteroatoms. The quantitative estimate of drug-likeness (QED) is 0.655. The molecule has 1 aliphatic rings. The summed E-state index contributed by atoms with van der Waals surface area (Å²) < 4.78 is 14.0. The number of aromatic nitrogens is 2. The molecular weight excluding hydrogens is 395 g/mol. The maximum atomic E-state index is 14.0. The van der Waals surface area contributed by atoms with Crippen LogP contribution < -0.4 is 5.32 Å². The molecular formula is C24H27FN4O2. The zero-order chi connectivity index (χ0) is 22.0. The zero-order valence-electron chi connectivity index (χ0n) is 17.8. The number of halogens is 1. The third-order valence-electron chi connectivity index (χ3n) is 6.07. The number of fused-ring (bicyclic) bond motifs is 1. The maximum Gasteiger partial charge on any atom is 0.254 e. The van der Waals surface area contributed by atoms with Crippen LogP contribution in [0, 0.1) is 11.7 Å². The minimum atomic E-state index is -0.694. The largest absolute Gasteiger partial charge is 0.346 e. The molecule has 2 aromatic heterocycles. The first kappa shape index (κ1) is 21.0. The molecule has 6 nitrogen and oxygen atoms in total. The molecule has 1 saturated heterocycles. The first-order valence-electron chi connectivity index (χ1n) is 10.7. The van der Waals surface area contributed by atoms with Gasteiger partial charge in [-0.2, -0.15) is 0 Å². The number of likely N-dealkylation sites (tertiary alicyclic amines) is 1. The van der Waals surface area contributed by atoms with Crippen molar-refractivity contribution in [2.24, 2.45) is 5.92 Å². The van der Waals surface area contributed by atoms with Crippen molar-refractivity contribution < 1.29 is 14.0 Å². The third kappa shape index (κ3) is 4.31. The van der Waals surface area contributed by atoms with E-state index in [2.05, 4.69) is 21.4 Å². The Kier molecular flexibility index (Phi) is 6.02. The first-order valence-corrected chi connectivity index (χ1v) is 10.7. The van der Waals surface area contributed by atoms with Crippen LogP contribution in [0.5, 0.6) is 0 Å². The lowest BCUT2D eigenvalue weighted by Gasteiger charge is -2.35. The molecule has 2 N–H and O–H groups in total. The van der Waals surface area contributed by atoms with Crippen molar-refractivity contribution in [1.82, 2.24) is 20.2 Å². The van der Waals surface area contributed by atoms with Gasteiger partial charge in [-0.05, 0) is 54.5 Å². The first-order chi connectivity index (χ1) is 15.0. The molecule has 1 fully saturated rings. The highest BCUT2D eigenvalue weighted by Crippen LogP contribution is 2.32. The number of carbonyl (C=O) groups is 2. The van der Waals surface area contributed by atoms with Gasteiger partial charge in [0.25, 0.3) is 5.91 Å². The fraction of sp³-hybridized carbons (Fsp3) is 0.375. The molecule has 4 rings (SSSR count). The van der Waals surface area contributed by atoms with Crippen LogP contribution in [0.25, 0.3) is 11.0 Å². The van der Waals surface area contributed by atoms with Crippen LogP contribution in [-0.4, -0.2) is 45.8 Å². The summed E-state index contributed by atoms with van der Waals surface area (Å²) in [5, 5.41) is 3.88. The Morgan fingerprint density at radius 3 is 2.61 bits per heavy atom. The molecule has 0 saturated carbocycles. The molecule has 3 heterocycles. The summed E-state index contributed by atoms with van der Waals surface area (Å²) in [6.07, 6.45) is 5.48. The predicted octanol–water partition coefficient (Wildman–Crippen LogP) is 3.86. The molecule has 0 radical (unpaired) electrons. The highest BCUT2D eigenvalue weighted by Gasteiger charge is 2.32. The van der Waals surface area contributed by atoms with E-state index in [1.165, 1.54) is 23.8 Å². The van der Waals surface area contributed by atoms with E-state index in [0.717, 1.165) is 23.9 Å².